The van der Waals surface area contributed by atoms with Crippen LogP contribution in [-0.4, -0.2) is 93.8 Å². The smallest absolute Gasteiger partial charge is 0.261 e. The monoisotopic (exact) mass is 1050 g/mol. The van der Waals surface area contributed by atoms with Gasteiger partial charge in [-0.3, -0.25) is 43.6 Å². The number of aryl methyl sites for hydroxylation is 1. The number of aliphatic imine (C=N–C) groups is 1. The first-order valence-corrected chi connectivity index (χ1v) is 25.6. The summed E-state index contributed by atoms with van der Waals surface area (Å²) in [5, 5.41) is 14.5. The average Bonchev–Trinajstić information content (AvgIpc) is 3.96. The van der Waals surface area contributed by atoms with Gasteiger partial charge in [-0.05, 0) is 110 Å². The molecule has 404 valence electrons. The van der Waals surface area contributed by atoms with E-state index < -0.39 is 23.9 Å². The molecule has 3 unspecified atom stereocenters. The van der Waals surface area contributed by atoms with Crippen LogP contribution in [-0.2, 0) is 54.9 Å². The van der Waals surface area contributed by atoms with E-state index in [0.717, 1.165) is 40.2 Å². The maximum atomic E-state index is 14.1. The van der Waals surface area contributed by atoms with E-state index in [0.29, 0.717) is 96.3 Å². The van der Waals surface area contributed by atoms with Crippen molar-refractivity contribution in [2.24, 2.45) is 10.9 Å². The summed E-state index contributed by atoms with van der Waals surface area (Å²) in [5.41, 5.74) is 7.82. The first-order valence-electron chi connectivity index (χ1n) is 25.6. The van der Waals surface area contributed by atoms with E-state index in [2.05, 4.69) is 31.4 Å². The molecule has 7 N–H and O–H groups in total. The van der Waals surface area contributed by atoms with Gasteiger partial charge >= 0.3 is 0 Å². The highest BCUT2D eigenvalue weighted by Crippen LogP contribution is 2.42. The summed E-state index contributed by atoms with van der Waals surface area (Å²) in [6, 6.07) is 25.7. The minimum absolute atomic E-state index is 0.00641. The van der Waals surface area contributed by atoms with Crippen molar-refractivity contribution in [1.29, 1.82) is 0 Å². The molecule has 5 aromatic rings. The summed E-state index contributed by atoms with van der Waals surface area (Å²) in [5.74, 6) is 4.74. The van der Waals surface area contributed by atoms with Crippen molar-refractivity contribution in [2.45, 2.75) is 103 Å². The predicted octanol–water partition coefficient (Wildman–Crippen LogP) is 6.32. The molecule has 0 saturated heterocycles. The van der Waals surface area contributed by atoms with Crippen molar-refractivity contribution < 1.29 is 52.6 Å². The zero-order valence-corrected chi connectivity index (χ0v) is 43.8. The summed E-state index contributed by atoms with van der Waals surface area (Å²) in [6.45, 7) is 5.74. The normalized spacial score (nSPS) is 15.6. The van der Waals surface area contributed by atoms with Gasteiger partial charge in [0.15, 0.2) is 23.0 Å². The van der Waals surface area contributed by atoms with E-state index in [1.54, 1.807) is 47.4 Å². The molecule has 20 nitrogen and oxygen atoms in total. The fraction of sp³-hybridized carbons (Fsp3) is 0.351. The van der Waals surface area contributed by atoms with Crippen molar-refractivity contribution in [3.8, 4) is 23.0 Å². The number of fused-ring (bicyclic) bond motifs is 5. The molecule has 0 aromatic heterocycles. The average molecular weight is 1050 g/mol. The second-order valence-electron chi connectivity index (χ2n) is 19.1. The van der Waals surface area contributed by atoms with Gasteiger partial charge in [0.1, 0.15) is 31.5 Å². The fourth-order valence-electron chi connectivity index (χ4n) is 9.52. The Morgan fingerprint density at radius 1 is 0.753 bits per heavy atom. The van der Waals surface area contributed by atoms with Gasteiger partial charge in [0, 0.05) is 73.3 Å². The molecule has 20 heteroatoms. The fourth-order valence-corrected chi connectivity index (χ4v) is 9.52. The zero-order valence-electron chi connectivity index (χ0n) is 43.8. The number of carbonyl (C=O) groups excluding carboxylic acids is 6. The molecule has 3 aliphatic heterocycles. The van der Waals surface area contributed by atoms with E-state index in [1.165, 1.54) is 21.0 Å². The third-order valence-electron chi connectivity index (χ3n) is 13.5. The number of nitrogens with zero attached hydrogens (tertiary/aromatic N) is 3. The van der Waals surface area contributed by atoms with Gasteiger partial charge in [0.05, 0.1) is 38.1 Å². The number of nitrogens with one attached hydrogen (secondary N) is 5. The van der Waals surface area contributed by atoms with Crippen LogP contribution in [0.2, 0.25) is 0 Å². The van der Waals surface area contributed by atoms with Crippen molar-refractivity contribution in [2.75, 3.05) is 47.8 Å². The highest BCUT2D eigenvalue weighted by atomic mass is 16.6. The van der Waals surface area contributed by atoms with Gasteiger partial charge in [-0.15, -0.1) is 0 Å². The van der Waals surface area contributed by atoms with Gasteiger partial charge in [-0.1, -0.05) is 36.4 Å². The summed E-state index contributed by atoms with van der Waals surface area (Å²) >= 11 is 0. The SMILES string of the molecule is COc1cc2c(cc1OCc1cc(COc3cc(NC4Cc5ccccc5N4C=O)c(C)cc3OC)cc(NC(=O)C(C)NC(=O)[C@H](C)NC(=O)CCCCC(=O)NCCCON)c1)N=CC1Cc3ccccc3N1C2=O. The molecule has 0 fully saturated rings. The Balaban J connectivity index is 0.966. The van der Waals surface area contributed by atoms with Gasteiger partial charge in [0.25, 0.3) is 5.91 Å². The van der Waals surface area contributed by atoms with Crippen LogP contribution in [0, 0.1) is 6.92 Å². The topological polar surface area (TPSA) is 254 Å². The Morgan fingerprint density at radius 2 is 1.39 bits per heavy atom. The number of hydrogen-bond donors (Lipinski definition) is 6. The van der Waals surface area contributed by atoms with Crippen LogP contribution in [0.5, 0.6) is 23.0 Å². The minimum Gasteiger partial charge on any atom is -0.493 e. The van der Waals surface area contributed by atoms with Gasteiger partial charge in [-0.2, -0.15) is 0 Å². The second kappa shape index (κ2) is 25.4. The number of para-hydroxylation sites is 2. The van der Waals surface area contributed by atoms with Gasteiger partial charge in [0.2, 0.25) is 30.0 Å². The standard InChI is InChI=1S/C57H65N9O11/c1-34-21-48(73-4)50(28-44(34)64-52-26-40-14-6-8-15-46(40)65(52)33-67)75-31-37-22-38(32-76-51-29-45-43(27-49(51)74-5)57(72)66-42(30-60-45)25-39-13-7-9-16-47(39)66)24-41(23-37)63-56(71)36(3)62-55(70)35(2)61-54(69)18-11-10-17-53(68)59-19-12-20-77-58/h6-9,13-16,21-24,27-30,33,35-36,42,52,64H,10-12,17-20,25-26,31-32,58H2,1-5H3,(H,59,68)(H,61,69)(H,62,70)(H,63,71)/t35-,36?,42?,52?/m0/s1. The lowest BCUT2D eigenvalue weighted by molar-refractivity contribution is -0.130. The summed E-state index contributed by atoms with van der Waals surface area (Å²) in [7, 11) is 3.04. The first kappa shape index (κ1) is 54.8. The number of methoxy groups -OCH3 is 2. The van der Waals surface area contributed by atoms with E-state index >= 15 is 0 Å². The lowest BCUT2D eigenvalue weighted by atomic mass is 10.1. The number of unbranched alkanes of at least 4 members (excludes halogenated alkanes) is 1. The Hall–Kier alpha value is -8.49. The number of benzene rings is 5. The number of amides is 6. The molecule has 0 radical (unpaired) electrons. The number of nitrogens with two attached hydrogens (primary N) is 1. The van der Waals surface area contributed by atoms with Crippen molar-refractivity contribution in [3.63, 3.8) is 0 Å². The van der Waals surface area contributed by atoms with Crippen LogP contribution in [0.25, 0.3) is 0 Å². The van der Waals surface area contributed by atoms with Crippen LogP contribution in [0.1, 0.15) is 84.1 Å². The number of hydrogen-bond acceptors (Lipinski definition) is 14. The van der Waals surface area contributed by atoms with Gasteiger partial charge < -0.3 is 50.4 Å². The van der Waals surface area contributed by atoms with E-state index in [-0.39, 0.29) is 56.0 Å². The van der Waals surface area contributed by atoms with Crippen LogP contribution < -0.4 is 61.2 Å². The molecule has 8 rings (SSSR count). The number of rotatable bonds is 25. The molecule has 0 aliphatic carbocycles. The Labute approximate surface area is 446 Å². The molecule has 4 atom stereocenters. The minimum atomic E-state index is -1.03. The second-order valence-corrected chi connectivity index (χ2v) is 19.1. The molecule has 3 heterocycles. The largest absolute Gasteiger partial charge is 0.493 e. The lowest BCUT2D eigenvalue weighted by Crippen LogP contribution is -2.50. The number of ether oxygens (including phenoxy) is 4. The Kier molecular flexibility index (Phi) is 18.0. The van der Waals surface area contributed by atoms with Crippen LogP contribution in [0.4, 0.5) is 28.4 Å². The molecule has 0 saturated carbocycles. The predicted molar refractivity (Wildman–Crippen MR) is 291 cm³/mol. The summed E-state index contributed by atoms with van der Waals surface area (Å²) < 4.78 is 24.4. The molecular weight excluding hydrogens is 987 g/mol. The maximum absolute atomic E-state index is 14.1. The molecule has 3 aliphatic rings. The highest BCUT2D eigenvalue weighted by molar-refractivity contribution is 6.14. The number of anilines is 4. The lowest BCUT2D eigenvalue weighted by Gasteiger charge is -2.25. The van der Waals surface area contributed by atoms with Gasteiger partial charge in [-0.25, -0.2) is 5.90 Å². The molecule has 6 amide bonds. The molecule has 77 heavy (non-hydrogen) atoms. The summed E-state index contributed by atoms with van der Waals surface area (Å²) in [6.07, 6.45) is 5.39. The number of carbonyl (C=O) groups is 6. The van der Waals surface area contributed by atoms with Crippen LogP contribution in [0.3, 0.4) is 0 Å². The molecular formula is C57H65N9O11. The van der Waals surface area contributed by atoms with Crippen molar-refractivity contribution in [1.82, 2.24) is 16.0 Å². The van der Waals surface area contributed by atoms with E-state index in [4.69, 9.17) is 29.8 Å². The quantitative estimate of drug-likeness (QED) is 0.0213. The van der Waals surface area contributed by atoms with Crippen LogP contribution >= 0.6 is 0 Å². The maximum Gasteiger partial charge on any atom is 0.261 e. The van der Waals surface area contributed by atoms with Crippen molar-refractivity contribution >= 4 is 70.6 Å². The molecule has 0 spiro atoms. The zero-order chi connectivity index (χ0) is 54.6. The van der Waals surface area contributed by atoms with Crippen LogP contribution in [0.15, 0.2) is 96.0 Å². The Bertz CT molecular complexity index is 3040. The van der Waals surface area contributed by atoms with E-state index in [1.807, 2.05) is 73.7 Å². The third kappa shape index (κ3) is 13.3. The highest BCUT2D eigenvalue weighted by Gasteiger charge is 2.37. The Morgan fingerprint density at radius 3 is 2.08 bits per heavy atom. The summed E-state index contributed by atoms with van der Waals surface area (Å²) in [4.78, 5) is 90.8. The molecule has 0 bridgehead atoms. The molecule has 5 aromatic carbocycles. The first-order chi connectivity index (χ1) is 37.3. The van der Waals surface area contributed by atoms with Crippen molar-refractivity contribution in [3.05, 3.63) is 124 Å². The van der Waals surface area contributed by atoms with E-state index in [9.17, 15) is 28.8 Å². The third-order valence-corrected chi connectivity index (χ3v) is 13.5.